The lowest BCUT2D eigenvalue weighted by Crippen LogP contribution is -2.43. The summed E-state index contributed by atoms with van der Waals surface area (Å²) in [5, 5.41) is 3.00. The molecule has 1 amide bonds. The van der Waals surface area contributed by atoms with Gasteiger partial charge in [-0.1, -0.05) is 19.1 Å². The van der Waals surface area contributed by atoms with E-state index in [1.54, 1.807) is 0 Å². The zero-order chi connectivity index (χ0) is 12.2. The smallest absolute Gasteiger partial charge is 0.224 e. The van der Waals surface area contributed by atoms with E-state index in [0.29, 0.717) is 6.42 Å². The van der Waals surface area contributed by atoms with Crippen LogP contribution in [0.5, 0.6) is 0 Å². The van der Waals surface area contributed by atoms with Crippen LogP contribution in [-0.2, 0) is 11.2 Å². The molecule has 1 rings (SSSR count). The average molecular weight is 257 g/mol. The molecule has 3 N–H and O–H groups in total. The van der Waals surface area contributed by atoms with Crippen molar-refractivity contribution in [1.82, 2.24) is 5.32 Å². The molecule has 0 aliphatic rings. The summed E-state index contributed by atoms with van der Waals surface area (Å²) in [7, 11) is 0. The lowest BCUT2D eigenvalue weighted by molar-refractivity contribution is -0.122. The molecule has 0 aliphatic carbocycles. The standard InChI is InChI=1S/C13H20N2O.ClH/c1-4-13(2,3)15-12(16)9-10-5-7-11(14)8-6-10;/h5-8H,4,9,14H2,1-3H3,(H,15,16);1H. The Morgan fingerprint density at radius 1 is 1.29 bits per heavy atom. The summed E-state index contributed by atoms with van der Waals surface area (Å²) in [6.45, 7) is 6.10. The first kappa shape index (κ1) is 15.8. The number of hydrogen-bond donors (Lipinski definition) is 2. The van der Waals surface area contributed by atoms with Crippen LogP contribution in [0.2, 0.25) is 0 Å². The van der Waals surface area contributed by atoms with Crippen LogP contribution in [0.4, 0.5) is 5.69 Å². The summed E-state index contributed by atoms with van der Waals surface area (Å²) >= 11 is 0. The Kier molecular flexibility index (Phi) is 6.03. The Balaban J connectivity index is 0.00000256. The molecule has 96 valence electrons. The SMILES string of the molecule is CCC(C)(C)NC(=O)Cc1ccc(N)cc1.Cl. The molecular formula is C13H21ClN2O. The summed E-state index contributed by atoms with van der Waals surface area (Å²) in [6.07, 6.45) is 1.32. The van der Waals surface area contributed by atoms with Gasteiger partial charge in [0.2, 0.25) is 5.91 Å². The van der Waals surface area contributed by atoms with Gasteiger partial charge in [0.15, 0.2) is 0 Å². The Hall–Kier alpha value is -1.22. The Morgan fingerprint density at radius 3 is 2.29 bits per heavy atom. The second kappa shape index (κ2) is 6.50. The molecule has 3 nitrogen and oxygen atoms in total. The molecule has 0 radical (unpaired) electrons. The molecule has 0 heterocycles. The van der Waals surface area contributed by atoms with E-state index in [4.69, 9.17) is 5.73 Å². The first-order valence-corrected chi connectivity index (χ1v) is 5.58. The lowest BCUT2D eigenvalue weighted by Gasteiger charge is -2.24. The molecule has 1 aromatic carbocycles. The minimum Gasteiger partial charge on any atom is -0.399 e. The van der Waals surface area contributed by atoms with E-state index in [1.165, 1.54) is 0 Å². The predicted octanol–water partition coefficient (Wildman–Crippen LogP) is 2.54. The second-order valence-electron chi connectivity index (χ2n) is 4.70. The van der Waals surface area contributed by atoms with Crippen LogP contribution in [0, 0.1) is 0 Å². The third-order valence-corrected chi connectivity index (χ3v) is 2.71. The van der Waals surface area contributed by atoms with E-state index < -0.39 is 0 Å². The predicted molar refractivity (Wildman–Crippen MR) is 74.3 cm³/mol. The van der Waals surface area contributed by atoms with Crippen LogP contribution in [0.1, 0.15) is 32.8 Å². The van der Waals surface area contributed by atoms with Crippen molar-refractivity contribution in [2.45, 2.75) is 39.2 Å². The second-order valence-corrected chi connectivity index (χ2v) is 4.70. The maximum Gasteiger partial charge on any atom is 0.224 e. The maximum absolute atomic E-state index is 11.7. The van der Waals surface area contributed by atoms with Crippen molar-refractivity contribution >= 4 is 24.0 Å². The fourth-order valence-corrected chi connectivity index (χ4v) is 1.33. The number of carbonyl (C=O) groups is 1. The molecular weight excluding hydrogens is 236 g/mol. The minimum absolute atomic E-state index is 0. The van der Waals surface area contributed by atoms with Gasteiger partial charge in [-0.3, -0.25) is 4.79 Å². The van der Waals surface area contributed by atoms with E-state index in [2.05, 4.69) is 12.2 Å². The van der Waals surface area contributed by atoms with Crippen LogP contribution < -0.4 is 11.1 Å². The molecule has 1 aromatic rings. The molecule has 0 bridgehead atoms. The van der Waals surface area contributed by atoms with Crippen LogP contribution >= 0.6 is 12.4 Å². The molecule has 0 saturated heterocycles. The number of carbonyl (C=O) groups excluding carboxylic acids is 1. The number of hydrogen-bond acceptors (Lipinski definition) is 2. The average Bonchev–Trinajstić information content (AvgIpc) is 2.21. The number of anilines is 1. The third-order valence-electron chi connectivity index (χ3n) is 2.71. The minimum atomic E-state index is -0.134. The first-order chi connectivity index (χ1) is 7.43. The monoisotopic (exact) mass is 256 g/mol. The van der Waals surface area contributed by atoms with E-state index in [-0.39, 0.29) is 23.9 Å². The Morgan fingerprint density at radius 2 is 1.82 bits per heavy atom. The van der Waals surface area contributed by atoms with Crippen molar-refractivity contribution < 1.29 is 4.79 Å². The van der Waals surface area contributed by atoms with Crippen molar-refractivity contribution in [3.8, 4) is 0 Å². The number of nitrogens with one attached hydrogen (secondary N) is 1. The van der Waals surface area contributed by atoms with Gasteiger partial charge in [-0.15, -0.1) is 12.4 Å². The van der Waals surface area contributed by atoms with Gasteiger partial charge in [-0.2, -0.15) is 0 Å². The van der Waals surface area contributed by atoms with Gasteiger partial charge in [-0.25, -0.2) is 0 Å². The molecule has 0 fully saturated rings. The van der Waals surface area contributed by atoms with Gasteiger partial charge in [-0.05, 0) is 38.0 Å². The zero-order valence-corrected chi connectivity index (χ0v) is 11.4. The van der Waals surface area contributed by atoms with Crippen molar-refractivity contribution in [3.63, 3.8) is 0 Å². The molecule has 17 heavy (non-hydrogen) atoms. The zero-order valence-electron chi connectivity index (χ0n) is 10.6. The van der Waals surface area contributed by atoms with Gasteiger partial charge >= 0.3 is 0 Å². The van der Waals surface area contributed by atoms with E-state index >= 15 is 0 Å². The van der Waals surface area contributed by atoms with Crippen LogP contribution in [0.25, 0.3) is 0 Å². The van der Waals surface area contributed by atoms with Crippen molar-refractivity contribution in [1.29, 1.82) is 0 Å². The van der Waals surface area contributed by atoms with Crippen molar-refractivity contribution in [3.05, 3.63) is 29.8 Å². The molecule has 0 aliphatic heterocycles. The Bertz CT molecular complexity index is 360. The molecule has 0 spiro atoms. The number of benzene rings is 1. The number of nitrogen functional groups attached to an aromatic ring is 1. The Labute approximate surface area is 109 Å². The lowest BCUT2D eigenvalue weighted by atomic mass is 10.0. The molecule has 0 saturated carbocycles. The number of halogens is 1. The van der Waals surface area contributed by atoms with Crippen molar-refractivity contribution in [2.75, 3.05) is 5.73 Å². The summed E-state index contributed by atoms with van der Waals surface area (Å²) in [6, 6.07) is 7.39. The van der Waals surface area contributed by atoms with E-state index in [0.717, 1.165) is 17.7 Å². The highest BCUT2D eigenvalue weighted by Gasteiger charge is 2.17. The topological polar surface area (TPSA) is 55.1 Å². The van der Waals surface area contributed by atoms with E-state index in [1.807, 2.05) is 38.1 Å². The summed E-state index contributed by atoms with van der Waals surface area (Å²) in [5.41, 5.74) is 7.15. The number of amides is 1. The number of rotatable bonds is 4. The normalized spacial score (nSPS) is 10.5. The third kappa shape index (κ3) is 5.59. The number of nitrogens with two attached hydrogens (primary N) is 1. The molecule has 4 heteroatoms. The maximum atomic E-state index is 11.7. The first-order valence-electron chi connectivity index (χ1n) is 5.58. The van der Waals surface area contributed by atoms with Crippen LogP contribution in [0.15, 0.2) is 24.3 Å². The van der Waals surface area contributed by atoms with Gasteiger partial charge < -0.3 is 11.1 Å². The summed E-state index contributed by atoms with van der Waals surface area (Å²) in [5.74, 6) is 0.0524. The van der Waals surface area contributed by atoms with Gasteiger partial charge in [0.25, 0.3) is 0 Å². The van der Waals surface area contributed by atoms with Gasteiger partial charge in [0.05, 0.1) is 6.42 Å². The molecule has 0 atom stereocenters. The summed E-state index contributed by atoms with van der Waals surface area (Å²) < 4.78 is 0. The highest BCUT2D eigenvalue weighted by Crippen LogP contribution is 2.09. The van der Waals surface area contributed by atoms with Crippen LogP contribution in [0.3, 0.4) is 0 Å². The quantitative estimate of drug-likeness (QED) is 0.814. The molecule has 0 unspecified atom stereocenters. The van der Waals surface area contributed by atoms with E-state index in [9.17, 15) is 4.79 Å². The fraction of sp³-hybridized carbons (Fsp3) is 0.462. The molecule has 0 aromatic heterocycles. The highest BCUT2D eigenvalue weighted by molar-refractivity contribution is 5.85. The fourth-order valence-electron chi connectivity index (χ4n) is 1.33. The van der Waals surface area contributed by atoms with Crippen LogP contribution in [-0.4, -0.2) is 11.4 Å². The highest BCUT2D eigenvalue weighted by atomic mass is 35.5. The largest absolute Gasteiger partial charge is 0.399 e. The van der Waals surface area contributed by atoms with Gasteiger partial charge in [0, 0.05) is 11.2 Å². The summed E-state index contributed by atoms with van der Waals surface area (Å²) in [4.78, 5) is 11.7. The van der Waals surface area contributed by atoms with Crippen molar-refractivity contribution in [2.24, 2.45) is 0 Å². The van der Waals surface area contributed by atoms with Gasteiger partial charge in [0.1, 0.15) is 0 Å².